The molecule has 0 N–H and O–H groups in total. The summed E-state index contributed by atoms with van der Waals surface area (Å²) in [6, 6.07) is 16.3. The lowest BCUT2D eigenvalue weighted by molar-refractivity contribution is -0.584. The summed E-state index contributed by atoms with van der Waals surface area (Å²) in [5.74, 6) is 0. The molecule has 0 radical (unpaired) electrons. The second kappa shape index (κ2) is 4.73. The van der Waals surface area contributed by atoms with Crippen LogP contribution in [-0.2, 0) is 6.42 Å². The summed E-state index contributed by atoms with van der Waals surface area (Å²) in [4.78, 5) is 2.36. The van der Waals surface area contributed by atoms with E-state index in [1.807, 2.05) is 25.1 Å². The van der Waals surface area contributed by atoms with Gasteiger partial charge < -0.3 is 10.1 Å². The van der Waals surface area contributed by atoms with Crippen LogP contribution in [0.25, 0.3) is 10.9 Å². The Morgan fingerprint density at radius 3 is 2.55 bits per heavy atom. The average Bonchev–Trinajstić information content (AvgIpc) is 2.98. The van der Waals surface area contributed by atoms with Gasteiger partial charge in [-0.1, -0.05) is 30.3 Å². The maximum atomic E-state index is 12.5. The molecule has 1 aliphatic rings. The van der Waals surface area contributed by atoms with Crippen molar-refractivity contribution in [3.8, 4) is 0 Å². The Labute approximate surface area is 130 Å². The SMILES string of the molecule is Cc1ccccc1N1CCc2c1c1ccccc1[n+]([O-])c2C. The number of aryl methyl sites for hydroxylation is 1. The van der Waals surface area contributed by atoms with Crippen LogP contribution in [0.4, 0.5) is 11.4 Å². The first kappa shape index (κ1) is 13.1. The molecule has 0 amide bonds. The van der Waals surface area contributed by atoms with E-state index < -0.39 is 0 Å². The van der Waals surface area contributed by atoms with E-state index in [4.69, 9.17) is 0 Å². The predicted octanol–water partition coefficient (Wildman–Crippen LogP) is 3.78. The van der Waals surface area contributed by atoms with E-state index >= 15 is 0 Å². The molecule has 0 unspecified atom stereocenters. The Morgan fingerprint density at radius 2 is 1.73 bits per heavy atom. The lowest BCUT2D eigenvalue weighted by Crippen LogP contribution is -2.32. The molecule has 110 valence electrons. The summed E-state index contributed by atoms with van der Waals surface area (Å²) in [5, 5.41) is 13.5. The Kier molecular flexibility index (Phi) is 2.83. The summed E-state index contributed by atoms with van der Waals surface area (Å²) < 4.78 is 1.08. The fraction of sp³-hybridized carbons (Fsp3) is 0.211. The fourth-order valence-corrected chi connectivity index (χ4v) is 3.54. The van der Waals surface area contributed by atoms with Crippen LogP contribution < -0.4 is 9.63 Å². The van der Waals surface area contributed by atoms with E-state index in [2.05, 4.69) is 42.2 Å². The van der Waals surface area contributed by atoms with Crippen molar-refractivity contribution in [2.45, 2.75) is 20.3 Å². The van der Waals surface area contributed by atoms with Crippen molar-refractivity contribution in [2.75, 3.05) is 11.4 Å². The molecule has 0 aliphatic carbocycles. The minimum absolute atomic E-state index is 0.749. The van der Waals surface area contributed by atoms with Crippen molar-refractivity contribution in [1.82, 2.24) is 0 Å². The predicted molar refractivity (Wildman–Crippen MR) is 89.5 cm³/mol. The van der Waals surface area contributed by atoms with E-state index in [0.717, 1.165) is 34.3 Å². The highest BCUT2D eigenvalue weighted by molar-refractivity contribution is 5.95. The van der Waals surface area contributed by atoms with Gasteiger partial charge in [0.05, 0.1) is 11.1 Å². The number of pyridine rings is 1. The second-order valence-electron chi connectivity index (χ2n) is 5.91. The molecule has 4 rings (SSSR count). The number of hydrogen-bond donors (Lipinski definition) is 0. The monoisotopic (exact) mass is 290 g/mol. The molecular weight excluding hydrogens is 272 g/mol. The van der Waals surface area contributed by atoms with Gasteiger partial charge in [0.1, 0.15) is 0 Å². The van der Waals surface area contributed by atoms with E-state index in [-0.39, 0.29) is 0 Å². The van der Waals surface area contributed by atoms with E-state index in [1.54, 1.807) is 0 Å². The highest BCUT2D eigenvalue weighted by Gasteiger charge is 2.30. The first-order valence-corrected chi connectivity index (χ1v) is 7.65. The lowest BCUT2D eigenvalue weighted by atomic mass is 10.1. The van der Waals surface area contributed by atoms with Gasteiger partial charge in [0.2, 0.25) is 5.52 Å². The Bertz CT molecular complexity index is 886. The van der Waals surface area contributed by atoms with Gasteiger partial charge in [0.15, 0.2) is 5.69 Å². The van der Waals surface area contributed by atoms with Crippen molar-refractivity contribution < 1.29 is 4.73 Å². The zero-order valence-electron chi connectivity index (χ0n) is 12.8. The number of nitrogens with zero attached hydrogens (tertiary/aromatic N) is 2. The molecule has 0 saturated heterocycles. The van der Waals surface area contributed by atoms with E-state index in [1.165, 1.54) is 22.5 Å². The van der Waals surface area contributed by atoms with Crippen LogP contribution in [0.15, 0.2) is 48.5 Å². The molecule has 2 heterocycles. The maximum absolute atomic E-state index is 12.5. The van der Waals surface area contributed by atoms with Gasteiger partial charge in [0.25, 0.3) is 0 Å². The number of fused-ring (bicyclic) bond motifs is 3. The lowest BCUT2D eigenvalue weighted by Gasteiger charge is -2.23. The summed E-state index contributed by atoms with van der Waals surface area (Å²) in [6.07, 6.45) is 0.919. The van der Waals surface area contributed by atoms with Crippen LogP contribution in [0.1, 0.15) is 16.8 Å². The van der Waals surface area contributed by atoms with Gasteiger partial charge >= 0.3 is 0 Å². The topological polar surface area (TPSA) is 30.2 Å². The second-order valence-corrected chi connectivity index (χ2v) is 5.91. The van der Waals surface area contributed by atoms with Crippen LogP contribution in [0.5, 0.6) is 0 Å². The average molecular weight is 290 g/mol. The van der Waals surface area contributed by atoms with Gasteiger partial charge in [-0.3, -0.25) is 0 Å². The molecule has 2 aromatic carbocycles. The molecule has 0 spiro atoms. The van der Waals surface area contributed by atoms with Crippen molar-refractivity contribution in [2.24, 2.45) is 0 Å². The fourth-order valence-electron chi connectivity index (χ4n) is 3.54. The first-order valence-electron chi connectivity index (χ1n) is 7.65. The zero-order valence-corrected chi connectivity index (χ0v) is 12.8. The smallest absolute Gasteiger partial charge is 0.226 e. The largest absolute Gasteiger partial charge is 0.618 e. The van der Waals surface area contributed by atoms with Crippen LogP contribution in [0.3, 0.4) is 0 Å². The van der Waals surface area contributed by atoms with Gasteiger partial charge in [-0.15, -0.1) is 0 Å². The van der Waals surface area contributed by atoms with Crippen molar-refractivity contribution >= 4 is 22.3 Å². The number of hydrogen-bond acceptors (Lipinski definition) is 2. The summed E-state index contributed by atoms with van der Waals surface area (Å²) >= 11 is 0. The van der Waals surface area contributed by atoms with Crippen molar-refractivity contribution in [3.05, 3.63) is 70.6 Å². The highest BCUT2D eigenvalue weighted by Crippen LogP contribution is 2.41. The minimum Gasteiger partial charge on any atom is -0.618 e. The number of para-hydroxylation sites is 2. The summed E-state index contributed by atoms with van der Waals surface area (Å²) in [5.41, 5.74) is 6.45. The third-order valence-corrected chi connectivity index (χ3v) is 4.67. The van der Waals surface area contributed by atoms with Crippen LogP contribution >= 0.6 is 0 Å². The Balaban J connectivity index is 2.05. The minimum atomic E-state index is 0.749. The molecule has 0 bridgehead atoms. The van der Waals surface area contributed by atoms with Crippen LogP contribution in [0, 0.1) is 19.1 Å². The molecule has 3 nitrogen and oxygen atoms in total. The number of anilines is 2. The molecule has 1 aromatic heterocycles. The summed E-state index contributed by atoms with van der Waals surface area (Å²) in [7, 11) is 0. The van der Waals surface area contributed by atoms with Gasteiger partial charge in [-0.25, -0.2) is 0 Å². The molecule has 0 atom stereocenters. The normalized spacial score (nSPS) is 13.6. The zero-order chi connectivity index (χ0) is 15.3. The Hall–Kier alpha value is -2.55. The third-order valence-electron chi connectivity index (χ3n) is 4.67. The number of aromatic nitrogens is 1. The maximum Gasteiger partial charge on any atom is 0.226 e. The molecule has 22 heavy (non-hydrogen) atoms. The van der Waals surface area contributed by atoms with Crippen LogP contribution in [-0.4, -0.2) is 6.54 Å². The van der Waals surface area contributed by atoms with Crippen molar-refractivity contribution in [1.29, 1.82) is 0 Å². The number of rotatable bonds is 1. The van der Waals surface area contributed by atoms with E-state index in [0.29, 0.717) is 0 Å². The number of benzene rings is 2. The molecular formula is C19H18N2O. The quantitative estimate of drug-likeness (QED) is 0.504. The van der Waals surface area contributed by atoms with Crippen molar-refractivity contribution in [3.63, 3.8) is 0 Å². The summed E-state index contributed by atoms with van der Waals surface area (Å²) in [6.45, 7) is 4.99. The van der Waals surface area contributed by atoms with E-state index in [9.17, 15) is 5.21 Å². The molecule has 3 aromatic rings. The first-order chi connectivity index (χ1) is 10.7. The molecule has 1 aliphatic heterocycles. The molecule has 3 heteroatoms. The third kappa shape index (κ3) is 1.72. The standard InChI is InChI=1S/C19H18N2O/c1-13-7-3-5-9-17(13)20-12-11-15-14(2)21(22)18-10-6-4-8-16(18)19(15)20/h3-10H,11-12H2,1-2H3. The Morgan fingerprint density at radius 1 is 1.00 bits per heavy atom. The highest BCUT2D eigenvalue weighted by atomic mass is 16.5. The molecule has 0 saturated carbocycles. The van der Waals surface area contributed by atoms with Gasteiger partial charge in [-0.2, -0.15) is 4.73 Å². The van der Waals surface area contributed by atoms with Gasteiger partial charge in [-0.05, 0) is 31.0 Å². The van der Waals surface area contributed by atoms with Gasteiger partial charge in [0, 0.05) is 30.8 Å². The van der Waals surface area contributed by atoms with Crippen LogP contribution in [0.2, 0.25) is 0 Å². The molecule has 0 fully saturated rings.